The van der Waals surface area contributed by atoms with E-state index in [0.717, 1.165) is 0 Å². The zero-order valence-corrected chi connectivity index (χ0v) is 16.8. The molecule has 0 radical (unpaired) electrons. The Kier molecular flexibility index (Phi) is 5.49. The highest BCUT2D eigenvalue weighted by atomic mass is 16.5. The summed E-state index contributed by atoms with van der Waals surface area (Å²) in [6.45, 7) is 2.15. The van der Waals surface area contributed by atoms with Crippen LogP contribution in [0.4, 0.5) is 0 Å². The molecule has 0 bridgehead atoms. The van der Waals surface area contributed by atoms with E-state index in [4.69, 9.17) is 9.15 Å². The van der Waals surface area contributed by atoms with E-state index >= 15 is 0 Å². The van der Waals surface area contributed by atoms with Crippen molar-refractivity contribution in [3.05, 3.63) is 89.4 Å². The maximum Gasteiger partial charge on any atom is 0.296 e. The maximum atomic E-state index is 13.0. The van der Waals surface area contributed by atoms with Crippen LogP contribution in [-0.2, 0) is 16.1 Å². The van der Waals surface area contributed by atoms with E-state index in [-0.39, 0.29) is 29.4 Å². The molecule has 31 heavy (non-hydrogen) atoms. The van der Waals surface area contributed by atoms with Crippen molar-refractivity contribution in [2.24, 2.45) is 0 Å². The second-order valence-electron chi connectivity index (χ2n) is 7.03. The van der Waals surface area contributed by atoms with E-state index < -0.39 is 17.7 Å². The first kappa shape index (κ1) is 20.3. The lowest BCUT2D eigenvalue weighted by Gasteiger charge is -2.25. The number of rotatable bonds is 6. The second kappa shape index (κ2) is 8.39. The van der Waals surface area contributed by atoms with Crippen LogP contribution >= 0.6 is 0 Å². The van der Waals surface area contributed by atoms with Gasteiger partial charge in [0.2, 0.25) is 0 Å². The van der Waals surface area contributed by atoms with Crippen molar-refractivity contribution in [3.8, 4) is 11.5 Å². The number of phenolic OH excluding ortho intramolecular Hbond substituents is 1. The summed E-state index contributed by atoms with van der Waals surface area (Å²) >= 11 is 0. The predicted octanol–water partition coefficient (Wildman–Crippen LogP) is 4.01. The van der Waals surface area contributed by atoms with Crippen molar-refractivity contribution in [3.63, 3.8) is 0 Å². The molecule has 0 unspecified atom stereocenters. The summed E-state index contributed by atoms with van der Waals surface area (Å²) in [5, 5.41) is 21.1. The minimum Gasteiger partial charge on any atom is -0.507 e. The van der Waals surface area contributed by atoms with Crippen molar-refractivity contribution < 1.29 is 29.0 Å². The highest BCUT2D eigenvalue weighted by Crippen LogP contribution is 2.42. The van der Waals surface area contributed by atoms with Crippen LogP contribution in [0.25, 0.3) is 5.76 Å². The van der Waals surface area contributed by atoms with Gasteiger partial charge in [-0.25, -0.2) is 0 Å². The zero-order chi connectivity index (χ0) is 22.0. The molecule has 4 rings (SSSR count). The van der Waals surface area contributed by atoms with Gasteiger partial charge in [-0.2, -0.15) is 0 Å². The third-order valence-corrected chi connectivity index (χ3v) is 5.09. The van der Waals surface area contributed by atoms with Crippen molar-refractivity contribution in [2.45, 2.75) is 19.5 Å². The number of ether oxygens (including phenoxy) is 1. The first-order valence-corrected chi connectivity index (χ1v) is 9.83. The van der Waals surface area contributed by atoms with Crippen molar-refractivity contribution in [1.82, 2.24) is 4.90 Å². The molecular formula is C24H21NO6. The number of phenols is 1. The number of carbonyl (C=O) groups is 2. The van der Waals surface area contributed by atoms with Crippen molar-refractivity contribution >= 4 is 17.4 Å². The van der Waals surface area contributed by atoms with Crippen LogP contribution in [0.5, 0.6) is 11.5 Å². The number of hydrogen-bond donors (Lipinski definition) is 2. The number of likely N-dealkylation sites (tertiary alicyclic amines) is 1. The quantitative estimate of drug-likeness (QED) is 0.356. The number of aromatic hydroxyl groups is 1. The normalized spacial score (nSPS) is 17.8. The van der Waals surface area contributed by atoms with Gasteiger partial charge in [-0.05, 0) is 36.8 Å². The molecule has 1 amide bonds. The Balaban J connectivity index is 1.88. The highest BCUT2D eigenvalue weighted by Gasteiger charge is 2.46. The molecule has 1 saturated heterocycles. The van der Waals surface area contributed by atoms with E-state index in [9.17, 15) is 19.8 Å². The van der Waals surface area contributed by atoms with Gasteiger partial charge in [0.1, 0.15) is 11.5 Å². The van der Waals surface area contributed by atoms with Crippen molar-refractivity contribution in [2.75, 3.05) is 6.61 Å². The molecule has 2 N–H and O–H groups in total. The van der Waals surface area contributed by atoms with E-state index in [1.807, 2.05) is 0 Å². The lowest BCUT2D eigenvalue weighted by molar-refractivity contribution is -0.140. The molecule has 2 aromatic carbocycles. The Morgan fingerprint density at radius 1 is 1.10 bits per heavy atom. The van der Waals surface area contributed by atoms with Gasteiger partial charge in [-0.3, -0.25) is 9.59 Å². The average molecular weight is 419 g/mol. The number of furan rings is 1. The number of ketones is 1. The number of amides is 1. The summed E-state index contributed by atoms with van der Waals surface area (Å²) in [6.07, 6.45) is 1.48. The van der Waals surface area contributed by atoms with E-state index in [1.165, 1.54) is 17.2 Å². The SMILES string of the molecule is CCOc1cc([C@@H]2/C(=C(\O)c3ccccc3)C(=O)C(=O)N2Cc2ccco2)ccc1O. The fraction of sp³-hybridized carbons (Fsp3) is 0.167. The molecule has 0 aliphatic carbocycles. The lowest BCUT2D eigenvalue weighted by atomic mass is 9.95. The summed E-state index contributed by atoms with van der Waals surface area (Å²) in [6, 6.07) is 15.7. The van der Waals surface area contributed by atoms with E-state index in [0.29, 0.717) is 23.5 Å². The Bertz CT molecular complexity index is 1130. The smallest absolute Gasteiger partial charge is 0.296 e. The first-order chi connectivity index (χ1) is 15.0. The van der Waals surface area contributed by atoms with Gasteiger partial charge >= 0.3 is 0 Å². The number of hydrogen-bond acceptors (Lipinski definition) is 6. The predicted molar refractivity (Wildman–Crippen MR) is 112 cm³/mol. The van der Waals surface area contributed by atoms with Crippen LogP contribution in [0.15, 0.2) is 76.9 Å². The standard InChI is InChI=1S/C24H21NO6/c1-2-30-19-13-16(10-11-18(19)26)21-20(22(27)15-7-4-3-5-8-15)23(28)24(29)25(21)14-17-9-6-12-31-17/h3-13,21,26-27H,2,14H2,1H3/b22-20+/t21-/m1/s1. The number of aliphatic hydroxyl groups is 1. The van der Waals surface area contributed by atoms with Gasteiger partial charge in [-0.1, -0.05) is 36.4 Å². The summed E-state index contributed by atoms with van der Waals surface area (Å²) in [5.41, 5.74) is 0.910. The zero-order valence-electron chi connectivity index (χ0n) is 16.8. The van der Waals surface area contributed by atoms with Gasteiger partial charge in [0.05, 0.1) is 31.0 Å². The Labute approximate surface area is 178 Å². The van der Waals surface area contributed by atoms with Crippen molar-refractivity contribution in [1.29, 1.82) is 0 Å². The summed E-state index contributed by atoms with van der Waals surface area (Å²) in [5.74, 6) is -1.14. The molecule has 1 atom stereocenters. The minimum absolute atomic E-state index is 0.0316. The molecule has 7 heteroatoms. The Morgan fingerprint density at radius 3 is 2.55 bits per heavy atom. The van der Waals surface area contributed by atoms with Crippen LogP contribution in [0.2, 0.25) is 0 Å². The monoisotopic (exact) mass is 419 g/mol. The van der Waals surface area contributed by atoms with E-state index in [2.05, 4.69) is 0 Å². The maximum absolute atomic E-state index is 13.0. The number of nitrogens with zero attached hydrogens (tertiary/aromatic N) is 1. The number of benzene rings is 2. The lowest BCUT2D eigenvalue weighted by Crippen LogP contribution is -2.29. The van der Waals surface area contributed by atoms with Gasteiger partial charge in [0, 0.05) is 5.56 Å². The average Bonchev–Trinajstić information content (AvgIpc) is 3.38. The Hall–Kier alpha value is -4.00. The van der Waals surface area contributed by atoms with Gasteiger partial charge in [0.15, 0.2) is 11.5 Å². The van der Waals surface area contributed by atoms with Crippen LogP contribution in [-0.4, -0.2) is 33.4 Å². The molecule has 7 nitrogen and oxygen atoms in total. The summed E-state index contributed by atoms with van der Waals surface area (Å²) in [7, 11) is 0. The third kappa shape index (κ3) is 3.77. The first-order valence-electron chi connectivity index (χ1n) is 9.83. The number of carbonyl (C=O) groups excluding carboxylic acids is 2. The topological polar surface area (TPSA) is 100 Å². The molecule has 1 aliphatic heterocycles. The fourth-order valence-electron chi connectivity index (χ4n) is 3.68. The second-order valence-corrected chi connectivity index (χ2v) is 7.03. The molecule has 0 saturated carbocycles. The molecule has 1 aliphatic rings. The molecule has 3 aromatic rings. The van der Waals surface area contributed by atoms with E-state index in [1.54, 1.807) is 61.5 Å². The molecule has 2 heterocycles. The molecule has 1 fully saturated rings. The van der Waals surface area contributed by atoms with Crippen LogP contribution in [0.3, 0.4) is 0 Å². The van der Waals surface area contributed by atoms with Crippen LogP contribution in [0.1, 0.15) is 29.9 Å². The van der Waals surface area contributed by atoms with Gasteiger partial charge < -0.3 is 24.3 Å². The largest absolute Gasteiger partial charge is 0.507 e. The highest BCUT2D eigenvalue weighted by molar-refractivity contribution is 6.46. The van der Waals surface area contributed by atoms with Crippen LogP contribution < -0.4 is 4.74 Å². The Morgan fingerprint density at radius 2 is 1.87 bits per heavy atom. The molecular weight excluding hydrogens is 398 g/mol. The summed E-state index contributed by atoms with van der Waals surface area (Å²) < 4.78 is 10.9. The number of aliphatic hydroxyl groups excluding tert-OH is 1. The molecule has 0 spiro atoms. The number of Topliss-reactive ketones (excluding diaryl/α,β-unsaturated/α-hetero) is 1. The fourth-order valence-corrected chi connectivity index (χ4v) is 3.68. The van der Waals surface area contributed by atoms with Gasteiger partial charge in [-0.15, -0.1) is 0 Å². The van der Waals surface area contributed by atoms with Gasteiger partial charge in [0.25, 0.3) is 11.7 Å². The van der Waals surface area contributed by atoms with Crippen LogP contribution in [0, 0.1) is 0 Å². The third-order valence-electron chi connectivity index (χ3n) is 5.09. The summed E-state index contributed by atoms with van der Waals surface area (Å²) in [4.78, 5) is 27.3. The molecule has 1 aromatic heterocycles. The minimum atomic E-state index is -0.884. The molecule has 158 valence electrons.